The number of piperidine rings is 1. The van der Waals surface area contributed by atoms with Gasteiger partial charge >= 0.3 is 0 Å². The Morgan fingerprint density at radius 3 is 2.95 bits per heavy atom. The molecule has 2 fully saturated rings. The molecule has 6 heteroatoms. The van der Waals surface area contributed by atoms with E-state index in [0.29, 0.717) is 23.4 Å². The van der Waals surface area contributed by atoms with Crippen molar-refractivity contribution in [2.45, 2.75) is 49.9 Å². The Morgan fingerprint density at radius 2 is 2.18 bits per heavy atom. The van der Waals surface area contributed by atoms with E-state index in [1.807, 2.05) is 28.8 Å². The lowest BCUT2D eigenvalue weighted by atomic mass is 10.1. The van der Waals surface area contributed by atoms with Gasteiger partial charge in [0.15, 0.2) is 0 Å². The molecule has 0 spiro atoms. The van der Waals surface area contributed by atoms with E-state index in [1.54, 1.807) is 6.20 Å². The van der Waals surface area contributed by atoms with Gasteiger partial charge < -0.3 is 9.64 Å². The molecule has 1 aromatic heterocycles. The van der Waals surface area contributed by atoms with Gasteiger partial charge in [-0.15, -0.1) is 16.9 Å². The van der Waals surface area contributed by atoms with Gasteiger partial charge in [0.1, 0.15) is 6.10 Å². The molecule has 1 atom stereocenters. The topological polar surface area (TPSA) is 55.3 Å². The molecular formula is C16H23N3O2S. The minimum atomic E-state index is 0.0332. The zero-order valence-corrected chi connectivity index (χ0v) is 13.6. The minimum Gasteiger partial charge on any atom is -0.471 e. The number of thioether (sulfide) groups is 1. The molecule has 1 saturated carbocycles. The van der Waals surface area contributed by atoms with Gasteiger partial charge in [0.25, 0.3) is 0 Å². The molecule has 22 heavy (non-hydrogen) atoms. The van der Waals surface area contributed by atoms with Crippen LogP contribution >= 0.6 is 11.8 Å². The van der Waals surface area contributed by atoms with Crippen LogP contribution in [-0.4, -0.2) is 51.2 Å². The third-order valence-corrected chi connectivity index (χ3v) is 5.67. The smallest absolute Gasteiger partial charge is 0.233 e. The zero-order chi connectivity index (χ0) is 15.2. The highest BCUT2D eigenvalue weighted by molar-refractivity contribution is 8.00. The number of hydrogen-bond acceptors (Lipinski definition) is 5. The van der Waals surface area contributed by atoms with Crippen molar-refractivity contribution >= 4 is 17.7 Å². The molecule has 1 saturated heterocycles. The molecule has 1 aliphatic carbocycles. The lowest BCUT2D eigenvalue weighted by molar-refractivity contribution is -0.130. The maximum atomic E-state index is 12.4. The monoisotopic (exact) mass is 321 g/mol. The third kappa shape index (κ3) is 4.35. The van der Waals surface area contributed by atoms with Crippen molar-refractivity contribution in [3.8, 4) is 5.88 Å². The largest absolute Gasteiger partial charge is 0.471 e. The van der Waals surface area contributed by atoms with Crippen molar-refractivity contribution in [3.63, 3.8) is 0 Å². The number of hydrogen-bond donors (Lipinski definition) is 0. The van der Waals surface area contributed by atoms with Gasteiger partial charge in [-0.1, -0.05) is 12.8 Å². The van der Waals surface area contributed by atoms with Crippen molar-refractivity contribution in [2.24, 2.45) is 0 Å². The van der Waals surface area contributed by atoms with Crippen LogP contribution in [0.4, 0.5) is 0 Å². The van der Waals surface area contributed by atoms with Crippen LogP contribution in [0.2, 0.25) is 0 Å². The highest BCUT2D eigenvalue weighted by atomic mass is 32.2. The Balaban J connectivity index is 1.46. The molecule has 1 unspecified atom stereocenters. The second-order valence-electron chi connectivity index (χ2n) is 6.00. The summed E-state index contributed by atoms with van der Waals surface area (Å²) in [5, 5.41) is 8.47. The summed E-state index contributed by atoms with van der Waals surface area (Å²) >= 11 is 1.84. The number of amides is 1. The van der Waals surface area contributed by atoms with Crippen LogP contribution in [0.25, 0.3) is 0 Å². The second kappa shape index (κ2) is 7.81. The van der Waals surface area contributed by atoms with Gasteiger partial charge in [0.05, 0.1) is 12.3 Å². The maximum absolute atomic E-state index is 12.4. The molecule has 0 N–H and O–H groups in total. The number of nitrogens with zero attached hydrogens (tertiary/aromatic N) is 3. The molecular weight excluding hydrogens is 298 g/mol. The molecule has 0 radical (unpaired) electrons. The summed E-state index contributed by atoms with van der Waals surface area (Å²) in [4.78, 5) is 14.3. The fourth-order valence-electron chi connectivity index (χ4n) is 3.12. The van der Waals surface area contributed by atoms with Gasteiger partial charge in [0, 0.05) is 24.1 Å². The molecule has 3 rings (SSSR count). The van der Waals surface area contributed by atoms with Crippen molar-refractivity contribution in [1.82, 2.24) is 15.1 Å². The summed E-state index contributed by atoms with van der Waals surface area (Å²) in [6, 6.07) is 3.62. The van der Waals surface area contributed by atoms with Crippen LogP contribution in [0.5, 0.6) is 5.88 Å². The van der Waals surface area contributed by atoms with Gasteiger partial charge in [-0.25, -0.2) is 0 Å². The van der Waals surface area contributed by atoms with Crippen LogP contribution in [0.3, 0.4) is 0 Å². The van der Waals surface area contributed by atoms with Gasteiger partial charge in [0.2, 0.25) is 11.8 Å². The van der Waals surface area contributed by atoms with Crippen LogP contribution < -0.4 is 4.74 Å². The van der Waals surface area contributed by atoms with Gasteiger partial charge in [-0.2, -0.15) is 5.10 Å². The molecule has 0 bridgehead atoms. The predicted molar refractivity (Wildman–Crippen MR) is 87.0 cm³/mol. The summed E-state index contributed by atoms with van der Waals surface area (Å²) in [5.41, 5.74) is 0. The quantitative estimate of drug-likeness (QED) is 0.834. The Morgan fingerprint density at radius 1 is 1.32 bits per heavy atom. The van der Waals surface area contributed by atoms with E-state index in [0.717, 1.165) is 19.4 Å². The summed E-state index contributed by atoms with van der Waals surface area (Å²) in [6.07, 6.45) is 8.82. The highest BCUT2D eigenvalue weighted by Gasteiger charge is 2.26. The first-order valence-corrected chi connectivity index (χ1v) is 9.20. The van der Waals surface area contributed by atoms with Crippen LogP contribution in [0.1, 0.15) is 38.5 Å². The number of carbonyl (C=O) groups is 1. The average molecular weight is 321 g/mol. The van der Waals surface area contributed by atoms with E-state index < -0.39 is 0 Å². The molecule has 1 aromatic rings. The number of likely N-dealkylation sites (tertiary alicyclic amines) is 1. The fraction of sp³-hybridized carbons (Fsp3) is 0.688. The lowest BCUT2D eigenvalue weighted by Gasteiger charge is -2.32. The Bertz CT molecular complexity index is 480. The van der Waals surface area contributed by atoms with Crippen molar-refractivity contribution in [2.75, 3.05) is 18.8 Å². The van der Waals surface area contributed by atoms with Crippen LogP contribution in [0.15, 0.2) is 18.3 Å². The fourth-order valence-corrected chi connectivity index (χ4v) is 4.34. The normalized spacial score (nSPS) is 22.7. The summed E-state index contributed by atoms with van der Waals surface area (Å²) in [5.74, 6) is 1.41. The zero-order valence-electron chi connectivity index (χ0n) is 12.8. The Hall–Kier alpha value is -1.30. The van der Waals surface area contributed by atoms with Gasteiger partial charge in [-0.05, 0) is 31.7 Å². The van der Waals surface area contributed by atoms with Crippen molar-refractivity contribution in [1.29, 1.82) is 0 Å². The van der Waals surface area contributed by atoms with E-state index in [-0.39, 0.29) is 12.0 Å². The van der Waals surface area contributed by atoms with Gasteiger partial charge in [-0.3, -0.25) is 4.79 Å². The predicted octanol–water partition coefficient (Wildman–Crippen LogP) is 2.52. The molecule has 120 valence electrons. The summed E-state index contributed by atoms with van der Waals surface area (Å²) in [7, 11) is 0. The first-order valence-electron chi connectivity index (χ1n) is 8.15. The Kier molecular flexibility index (Phi) is 5.53. The molecule has 2 aliphatic rings. The number of carbonyl (C=O) groups excluding carboxylic acids is 1. The number of ether oxygens (including phenoxy) is 1. The molecule has 0 aromatic carbocycles. The lowest BCUT2D eigenvalue weighted by Crippen LogP contribution is -2.45. The standard InChI is InChI=1S/C16H23N3O2S/c20-16(12-22-14-6-1-2-7-14)19-10-4-5-13(11-19)21-15-8-3-9-17-18-15/h3,8-9,13-14H,1-2,4-7,10-12H2. The number of rotatable bonds is 5. The van der Waals surface area contributed by atoms with Crippen LogP contribution in [0, 0.1) is 0 Å². The second-order valence-corrected chi connectivity index (χ2v) is 7.29. The average Bonchev–Trinajstić information content (AvgIpc) is 3.07. The third-order valence-electron chi connectivity index (χ3n) is 4.31. The molecule has 1 aliphatic heterocycles. The Labute approximate surface area is 135 Å². The SMILES string of the molecule is O=C(CSC1CCCC1)N1CCCC(Oc2cccnn2)C1. The highest BCUT2D eigenvalue weighted by Crippen LogP contribution is 2.29. The van der Waals surface area contributed by atoms with E-state index in [4.69, 9.17) is 4.74 Å². The van der Waals surface area contributed by atoms with E-state index >= 15 is 0 Å². The first kappa shape index (κ1) is 15.6. The van der Waals surface area contributed by atoms with Crippen molar-refractivity contribution < 1.29 is 9.53 Å². The van der Waals surface area contributed by atoms with E-state index in [9.17, 15) is 4.79 Å². The maximum Gasteiger partial charge on any atom is 0.233 e. The van der Waals surface area contributed by atoms with E-state index in [2.05, 4.69) is 10.2 Å². The molecule has 2 heterocycles. The first-order chi connectivity index (χ1) is 10.8. The van der Waals surface area contributed by atoms with E-state index in [1.165, 1.54) is 25.7 Å². The van der Waals surface area contributed by atoms with Crippen LogP contribution in [-0.2, 0) is 4.79 Å². The summed E-state index contributed by atoms with van der Waals surface area (Å²) < 4.78 is 5.84. The number of aromatic nitrogens is 2. The molecule has 5 nitrogen and oxygen atoms in total. The van der Waals surface area contributed by atoms with Crippen molar-refractivity contribution in [3.05, 3.63) is 18.3 Å². The molecule has 1 amide bonds. The summed E-state index contributed by atoms with van der Waals surface area (Å²) in [6.45, 7) is 1.52. The minimum absolute atomic E-state index is 0.0332.